The van der Waals surface area contributed by atoms with Gasteiger partial charge in [0.2, 0.25) is 0 Å². The van der Waals surface area contributed by atoms with Crippen molar-refractivity contribution < 1.29 is 8.42 Å². The van der Waals surface area contributed by atoms with Gasteiger partial charge in [-0.2, -0.15) is 0 Å². The second kappa shape index (κ2) is 5.20. The zero-order valence-electron chi connectivity index (χ0n) is 11.3. The monoisotopic (exact) mass is 341 g/mol. The number of halogens is 2. The summed E-state index contributed by atoms with van der Waals surface area (Å²) in [5.41, 5.74) is 1.51. The van der Waals surface area contributed by atoms with Crippen LogP contribution in [0, 0.1) is 0 Å². The molecule has 110 valence electrons. The van der Waals surface area contributed by atoms with E-state index in [1.165, 1.54) is 4.31 Å². The van der Waals surface area contributed by atoms with E-state index in [0.29, 0.717) is 22.2 Å². The minimum Gasteiger partial charge on any atom is -0.263 e. The van der Waals surface area contributed by atoms with Gasteiger partial charge in [0.05, 0.1) is 20.6 Å². The average Bonchev–Trinajstić information content (AvgIpc) is 2.76. The number of anilines is 1. The summed E-state index contributed by atoms with van der Waals surface area (Å²) in [6.45, 7) is 1.88. The molecule has 1 unspecified atom stereocenters. The summed E-state index contributed by atoms with van der Waals surface area (Å²) in [5.74, 6) is 0. The van der Waals surface area contributed by atoms with Crippen molar-refractivity contribution in [3.8, 4) is 0 Å². The number of benzene rings is 2. The fourth-order valence-corrected chi connectivity index (χ4v) is 4.71. The summed E-state index contributed by atoms with van der Waals surface area (Å²) in [5, 5.41) is 0.805. The number of nitrogens with zero attached hydrogens (tertiary/aromatic N) is 1. The summed E-state index contributed by atoms with van der Waals surface area (Å²) in [6, 6.07) is 11.6. The van der Waals surface area contributed by atoms with Crippen LogP contribution >= 0.6 is 23.2 Å². The number of hydrogen-bond donors (Lipinski definition) is 0. The van der Waals surface area contributed by atoms with Crippen molar-refractivity contribution in [2.75, 3.05) is 4.31 Å². The third-order valence-corrected chi connectivity index (χ3v) is 6.24. The zero-order chi connectivity index (χ0) is 15.2. The molecule has 0 spiro atoms. The SMILES string of the molecule is CC1Cc2cc(Cl)c(Cl)cc2N1S(=O)(=O)c1ccccc1. The predicted molar refractivity (Wildman–Crippen MR) is 85.7 cm³/mol. The quantitative estimate of drug-likeness (QED) is 0.823. The Morgan fingerprint density at radius 3 is 2.38 bits per heavy atom. The third kappa shape index (κ3) is 2.41. The molecule has 0 saturated heterocycles. The van der Waals surface area contributed by atoms with Gasteiger partial charge in [0, 0.05) is 6.04 Å². The minimum atomic E-state index is -3.60. The van der Waals surface area contributed by atoms with Crippen molar-refractivity contribution in [3.63, 3.8) is 0 Å². The first-order chi connectivity index (χ1) is 9.91. The Labute approximate surface area is 134 Å². The molecule has 1 heterocycles. The van der Waals surface area contributed by atoms with Crippen LogP contribution in [0.1, 0.15) is 12.5 Å². The molecule has 0 saturated carbocycles. The molecule has 0 amide bonds. The second-order valence-corrected chi connectivity index (χ2v) is 7.69. The largest absolute Gasteiger partial charge is 0.264 e. The van der Waals surface area contributed by atoms with Crippen LogP contribution in [0.5, 0.6) is 0 Å². The van der Waals surface area contributed by atoms with Crippen molar-refractivity contribution in [2.24, 2.45) is 0 Å². The number of sulfonamides is 1. The fraction of sp³-hybridized carbons (Fsp3) is 0.200. The molecule has 1 aliphatic rings. The van der Waals surface area contributed by atoms with E-state index in [4.69, 9.17) is 23.2 Å². The maximum absolute atomic E-state index is 12.9. The molecule has 6 heteroatoms. The molecule has 0 N–H and O–H groups in total. The maximum atomic E-state index is 12.9. The topological polar surface area (TPSA) is 37.4 Å². The lowest BCUT2D eigenvalue weighted by Gasteiger charge is -2.24. The summed E-state index contributed by atoms with van der Waals surface area (Å²) >= 11 is 12.1. The Hall–Kier alpha value is -1.23. The van der Waals surface area contributed by atoms with Crippen LogP contribution in [-0.4, -0.2) is 14.5 Å². The van der Waals surface area contributed by atoms with Crippen molar-refractivity contribution in [1.82, 2.24) is 0 Å². The average molecular weight is 342 g/mol. The van der Waals surface area contributed by atoms with E-state index < -0.39 is 10.0 Å². The molecule has 2 aromatic carbocycles. The van der Waals surface area contributed by atoms with Gasteiger partial charge in [0.1, 0.15) is 0 Å². The summed E-state index contributed by atoms with van der Waals surface area (Å²) < 4.78 is 27.1. The van der Waals surface area contributed by atoms with E-state index in [1.807, 2.05) is 6.92 Å². The van der Waals surface area contributed by atoms with E-state index in [-0.39, 0.29) is 10.9 Å². The van der Waals surface area contributed by atoms with E-state index in [9.17, 15) is 8.42 Å². The molecule has 0 fully saturated rings. The van der Waals surface area contributed by atoms with Gasteiger partial charge in [-0.25, -0.2) is 8.42 Å². The number of rotatable bonds is 2. The van der Waals surface area contributed by atoms with E-state index in [0.717, 1.165) is 5.56 Å². The molecule has 3 nitrogen and oxygen atoms in total. The highest BCUT2D eigenvalue weighted by molar-refractivity contribution is 7.92. The van der Waals surface area contributed by atoms with Crippen molar-refractivity contribution in [3.05, 3.63) is 58.1 Å². The molecule has 1 atom stereocenters. The lowest BCUT2D eigenvalue weighted by atomic mass is 10.1. The van der Waals surface area contributed by atoms with Crippen LogP contribution in [-0.2, 0) is 16.4 Å². The normalized spacial score (nSPS) is 17.9. The lowest BCUT2D eigenvalue weighted by molar-refractivity contribution is 0.584. The smallest absolute Gasteiger partial charge is 0.263 e. The van der Waals surface area contributed by atoms with Gasteiger partial charge in [0.25, 0.3) is 10.0 Å². The Bertz CT molecular complexity index is 791. The summed E-state index contributed by atoms with van der Waals surface area (Å²) in [7, 11) is -3.60. The Morgan fingerprint density at radius 1 is 1.10 bits per heavy atom. The molecule has 0 radical (unpaired) electrons. The first-order valence-electron chi connectivity index (χ1n) is 6.48. The number of hydrogen-bond acceptors (Lipinski definition) is 2. The van der Waals surface area contributed by atoms with E-state index in [2.05, 4.69) is 0 Å². The zero-order valence-corrected chi connectivity index (χ0v) is 13.6. The van der Waals surface area contributed by atoms with Gasteiger partial charge >= 0.3 is 0 Å². The van der Waals surface area contributed by atoms with Gasteiger partial charge in [-0.05, 0) is 43.2 Å². The van der Waals surface area contributed by atoms with E-state index in [1.54, 1.807) is 42.5 Å². The highest BCUT2D eigenvalue weighted by Gasteiger charge is 2.36. The molecule has 1 aliphatic heterocycles. The molecular weight excluding hydrogens is 329 g/mol. The third-order valence-electron chi connectivity index (χ3n) is 3.57. The minimum absolute atomic E-state index is 0.167. The highest BCUT2D eigenvalue weighted by Crippen LogP contribution is 2.40. The Kier molecular flexibility index (Phi) is 3.64. The van der Waals surface area contributed by atoms with Gasteiger partial charge in [-0.15, -0.1) is 0 Å². The summed E-state index contributed by atoms with van der Waals surface area (Å²) in [6.07, 6.45) is 0.623. The number of fused-ring (bicyclic) bond motifs is 1. The van der Waals surface area contributed by atoms with Crippen molar-refractivity contribution >= 4 is 38.9 Å². The molecule has 0 bridgehead atoms. The van der Waals surface area contributed by atoms with Crippen LogP contribution in [0.25, 0.3) is 0 Å². The van der Waals surface area contributed by atoms with Gasteiger partial charge in [-0.1, -0.05) is 41.4 Å². The van der Waals surface area contributed by atoms with Crippen LogP contribution in [0.2, 0.25) is 10.0 Å². The van der Waals surface area contributed by atoms with Crippen molar-refractivity contribution in [2.45, 2.75) is 24.3 Å². The Morgan fingerprint density at radius 2 is 1.71 bits per heavy atom. The molecule has 0 aliphatic carbocycles. The van der Waals surface area contributed by atoms with Crippen LogP contribution in [0.15, 0.2) is 47.4 Å². The molecule has 2 aromatic rings. The highest BCUT2D eigenvalue weighted by atomic mass is 35.5. The molecule has 0 aromatic heterocycles. The Balaban J connectivity index is 2.15. The molecule has 21 heavy (non-hydrogen) atoms. The van der Waals surface area contributed by atoms with Gasteiger partial charge < -0.3 is 0 Å². The lowest BCUT2D eigenvalue weighted by Crippen LogP contribution is -2.35. The van der Waals surface area contributed by atoms with Crippen molar-refractivity contribution in [1.29, 1.82) is 0 Å². The fourth-order valence-electron chi connectivity index (χ4n) is 2.66. The second-order valence-electron chi connectivity index (χ2n) is 5.06. The van der Waals surface area contributed by atoms with Crippen LogP contribution in [0.4, 0.5) is 5.69 Å². The first-order valence-corrected chi connectivity index (χ1v) is 8.68. The maximum Gasteiger partial charge on any atom is 0.264 e. The van der Waals surface area contributed by atoms with Crippen LogP contribution < -0.4 is 4.31 Å². The predicted octanol–water partition coefficient (Wildman–Crippen LogP) is 4.13. The van der Waals surface area contributed by atoms with Gasteiger partial charge in [-0.3, -0.25) is 4.31 Å². The summed E-state index contributed by atoms with van der Waals surface area (Å²) in [4.78, 5) is 0.274. The van der Waals surface area contributed by atoms with Gasteiger partial charge in [0.15, 0.2) is 0 Å². The van der Waals surface area contributed by atoms with Crippen LogP contribution in [0.3, 0.4) is 0 Å². The standard InChI is InChI=1S/C15H13Cl2NO2S/c1-10-7-11-8-13(16)14(17)9-15(11)18(10)21(19,20)12-5-3-2-4-6-12/h2-6,8-10H,7H2,1H3. The molecule has 3 rings (SSSR count). The molecular formula is C15H13Cl2NO2S. The van der Waals surface area contributed by atoms with E-state index >= 15 is 0 Å². The first kappa shape index (κ1) is 14.7.